The number of carbonyl (C=O) groups excluding carboxylic acids is 3. The van der Waals surface area contributed by atoms with Gasteiger partial charge in [0.05, 0.1) is 11.8 Å². The first-order valence-electron chi connectivity index (χ1n) is 11.3. The Morgan fingerprint density at radius 3 is 2.14 bits per heavy atom. The van der Waals surface area contributed by atoms with Crippen molar-refractivity contribution in [3.63, 3.8) is 0 Å². The minimum absolute atomic E-state index is 0.0351. The molecule has 5 heteroatoms. The molecule has 0 aromatic heterocycles. The number of piperidine rings is 1. The first kappa shape index (κ1) is 20.1. The maximum Gasteiger partial charge on any atom is 0.233 e. The quantitative estimate of drug-likeness (QED) is 0.692. The Morgan fingerprint density at radius 1 is 0.897 bits per heavy atom. The monoisotopic (exact) mass is 396 g/mol. The summed E-state index contributed by atoms with van der Waals surface area (Å²) in [4.78, 5) is 41.1. The van der Waals surface area contributed by atoms with E-state index < -0.39 is 0 Å². The molecule has 2 aliphatic heterocycles. The molecule has 2 unspecified atom stereocenters. The number of fused-ring (bicyclic) bond motifs is 1. The molecule has 0 spiro atoms. The van der Waals surface area contributed by atoms with Gasteiger partial charge in [-0.1, -0.05) is 43.2 Å². The maximum atomic E-state index is 12.6. The summed E-state index contributed by atoms with van der Waals surface area (Å²) in [7, 11) is 0. The number of hydrogen-bond acceptors (Lipinski definition) is 3. The minimum Gasteiger partial charge on any atom is -0.343 e. The van der Waals surface area contributed by atoms with Crippen molar-refractivity contribution >= 4 is 17.7 Å². The Bertz CT molecular complexity index is 716. The lowest BCUT2D eigenvalue weighted by molar-refractivity contribution is -0.141. The van der Waals surface area contributed by atoms with E-state index >= 15 is 0 Å². The number of amides is 3. The highest BCUT2D eigenvalue weighted by atomic mass is 16.2. The fourth-order valence-corrected chi connectivity index (χ4v) is 5.30. The summed E-state index contributed by atoms with van der Waals surface area (Å²) in [5.74, 6) is 0.448. The average Bonchev–Trinajstić information content (AvgIpc) is 3.02. The molecule has 2 saturated heterocycles. The van der Waals surface area contributed by atoms with Gasteiger partial charge < -0.3 is 4.90 Å². The van der Waals surface area contributed by atoms with Crippen LogP contribution in [0, 0.1) is 17.8 Å². The van der Waals surface area contributed by atoms with E-state index in [4.69, 9.17) is 0 Å². The molecule has 1 aliphatic carbocycles. The zero-order chi connectivity index (χ0) is 20.2. The maximum absolute atomic E-state index is 12.6. The van der Waals surface area contributed by atoms with Crippen molar-refractivity contribution in [1.82, 2.24) is 9.80 Å². The Morgan fingerprint density at radius 2 is 1.52 bits per heavy atom. The molecule has 3 aliphatic rings. The zero-order valence-corrected chi connectivity index (χ0v) is 17.2. The summed E-state index contributed by atoms with van der Waals surface area (Å²) in [5, 5.41) is 0. The molecule has 0 radical (unpaired) electrons. The van der Waals surface area contributed by atoms with Gasteiger partial charge in [0.2, 0.25) is 17.7 Å². The molecule has 3 fully saturated rings. The van der Waals surface area contributed by atoms with Gasteiger partial charge in [-0.15, -0.1) is 0 Å². The number of likely N-dealkylation sites (tertiary alicyclic amines) is 2. The SMILES string of the molecule is O=C(CCN1C(=O)C2CCCCC2C1=O)N1CCC(CCc2ccccc2)CC1. The Labute approximate surface area is 173 Å². The molecule has 2 heterocycles. The number of hydrogen-bond donors (Lipinski definition) is 0. The van der Waals surface area contributed by atoms with Gasteiger partial charge in [0.15, 0.2) is 0 Å². The lowest BCUT2D eigenvalue weighted by Crippen LogP contribution is -2.41. The second kappa shape index (κ2) is 9.10. The summed E-state index contributed by atoms with van der Waals surface area (Å²) in [6.45, 7) is 1.86. The highest BCUT2D eigenvalue weighted by molar-refractivity contribution is 6.05. The van der Waals surface area contributed by atoms with Gasteiger partial charge in [0.1, 0.15) is 0 Å². The number of aryl methyl sites for hydroxylation is 1. The van der Waals surface area contributed by atoms with Crippen molar-refractivity contribution in [3.05, 3.63) is 35.9 Å². The fraction of sp³-hybridized carbons (Fsp3) is 0.625. The molecule has 0 N–H and O–H groups in total. The first-order chi connectivity index (χ1) is 14.1. The number of rotatable bonds is 6. The highest BCUT2D eigenvalue weighted by Gasteiger charge is 2.47. The third-order valence-electron chi connectivity index (χ3n) is 7.13. The molecular weight excluding hydrogens is 364 g/mol. The van der Waals surface area contributed by atoms with Crippen LogP contribution in [0.25, 0.3) is 0 Å². The number of nitrogens with zero attached hydrogens (tertiary/aromatic N) is 2. The number of benzene rings is 1. The van der Waals surface area contributed by atoms with E-state index in [0.29, 0.717) is 5.92 Å². The van der Waals surface area contributed by atoms with Crippen LogP contribution in [0.5, 0.6) is 0 Å². The summed E-state index contributed by atoms with van der Waals surface area (Å²) < 4.78 is 0. The van der Waals surface area contributed by atoms with Crippen molar-refractivity contribution in [1.29, 1.82) is 0 Å². The Hall–Kier alpha value is -2.17. The van der Waals surface area contributed by atoms with Crippen molar-refractivity contribution in [2.75, 3.05) is 19.6 Å². The van der Waals surface area contributed by atoms with E-state index in [1.54, 1.807) is 0 Å². The molecule has 1 aromatic carbocycles. The normalized spacial score (nSPS) is 25.4. The van der Waals surface area contributed by atoms with Crippen molar-refractivity contribution in [2.24, 2.45) is 17.8 Å². The van der Waals surface area contributed by atoms with Crippen LogP contribution in [0.15, 0.2) is 30.3 Å². The number of carbonyl (C=O) groups is 3. The third kappa shape index (κ3) is 4.54. The highest BCUT2D eigenvalue weighted by Crippen LogP contribution is 2.38. The summed E-state index contributed by atoms with van der Waals surface area (Å²) in [5.41, 5.74) is 1.38. The van der Waals surface area contributed by atoms with Gasteiger partial charge in [-0.25, -0.2) is 0 Å². The van der Waals surface area contributed by atoms with Gasteiger partial charge in [0, 0.05) is 26.1 Å². The van der Waals surface area contributed by atoms with Crippen LogP contribution < -0.4 is 0 Å². The van der Waals surface area contributed by atoms with Crippen LogP contribution in [0.1, 0.15) is 56.9 Å². The second-order valence-electron chi connectivity index (χ2n) is 8.92. The lowest BCUT2D eigenvalue weighted by Gasteiger charge is -2.32. The topological polar surface area (TPSA) is 57.7 Å². The molecular formula is C24H32N2O3. The van der Waals surface area contributed by atoms with Crippen molar-refractivity contribution < 1.29 is 14.4 Å². The molecule has 2 atom stereocenters. The average molecular weight is 397 g/mol. The van der Waals surface area contributed by atoms with Crippen LogP contribution >= 0.6 is 0 Å². The van der Waals surface area contributed by atoms with Crippen LogP contribution in [-0.2, 0) is 20.8 Å². The van der Waals surface area contributed by atoms with Crippen LogP contribution in [0.2, 0.25) is 0 Å². The van der Waals surface area contributed by atoms with E-state index in [1.165, 1.54) is 16.9 Å². The minimum atomic E-state index is -0.119. The lowest BCUT2D eigenvalue weighted by atomic mass is 9.81. The van der Waals surface area contributed by atoms with Crippen LogP contribution in [0.3, 0.4) is 0 Å². The van der Waals surface area contributed by atoms with Crippen LogP contribution in [0.4, 0.5) is 0 Å². The van der Waals surface area contributed by atoms with Crippen LogP contribution in [-0.4, -0.2) is 47.2 Å². The first-order valence-corrected chi connectivity index (χ1v) is 11.3. The van der Waals surface area contributed by atoms with Gasteiger partial charge >= 0.3 is 0 Å². The molecule has 0 bridgehead atoms. The Kier molecular flexibility index (Phi) is 6.31. The van der Waals surface area contributed by atoms with Gasteiger partial charge in [-0.2, -0.15) is 0 Å². The predicted molar refractivity (Wildman–Crippen MR) is 111 cm³/mol. The molecule has 4 rings (SSSR count). The van der Waals surface area contributed by atoms with E-state index in [1.807, 2.05) is 11.0 Å². The third-order valence-corrected chi connectivity index (χ3v) is 7.13. The molecule has 1 saturated carbocycles. The zero-order valence-electron chi connectivity index (χ0n) is 17.2. The van der Waals surface area contributed by atoms with E-state index in [9.17, 15) is 14.4 Å². The molecule has 29 heavy (non-hydrogen) atoms. The standard InChI is InChI=1S/C24H32N2O3/c27-22(14-17-26-23(28)20-8-4-5-9-21(20)24(26)29)25-15-12-19(13-16-25)11-10-18-6-2-1-3-7-18/h1-3,6-7,19-21H,4-5,8-17H2. The van der Waals surface area contributed by atoms with Gasteiger partial charge in [-0.05, 0) is 50.0 Å². The second-order valence-corrected chi connectivity index (χ2v) is 8.92. The number of imide groups is 1. The molecule has 156 valence electrons. The van der Waals surface area contributed by atoms with Crippen molar-refractivity contribution in [3.8, 4) is 0 Å². The molecule has 1 aromatic rings. The van der Waals surface area contributed by atoms with Crippen molar-refractivity contribution in [2.45, 2.75) is 57.8 Å². The molecule has 3 amide bonds. The summed E-state index contributed by atoms with van der Waals surface area (Å²) >= 11 is 0. The smallest absolute Gasteiger partial charge is 0.233 e. The molecule has 5 nitrogen and oxygen atoms in total. The van der Waals surface area contributed by atoms with Gasteiger partial charge in [0.25, 0.3) is 0 Å². The van der Waals surface area contributed by atoms with E-state index in [2.05, 4.69) is 24.3 Å². The van der Waals surface area contributed by atoms with Gasteiger partial charge in [-0.3, -0.25) is 19.3 Å². The van der Waals surface area contributed by atoms with E-state index in [-0.39, 0.29) is 42.5 Å². The predicted octanol–water partition coefficient (Wildman–Crippen LogP) is 3.42. The Balaban J connectivity index is 1.20. The largest absolute Gasteiger partial charge is 0.343 e. The van der Waals surface area contributed by atoms with E-state index in [0.717, 1.165) is 58.0 Å². The summed E-state index contributed by atoms with van der Waals surface area (Å²) in [6.07, 6.45) is 8.36. The summed E-state index contributed by atoms with van der Waals surface area (Å²) in [6, 6.07) is 10.6. The fourth-order valence-electron chi connectivity index (χ4n) is 5.30.